The number of nitrogens with zero attached hydrogens (tertiary/aromatic N) is 3. The van der Waals surface area contributed by atoms with E-state index in [0.717, 1.165) is 4.90 Å². The Morgan fingerprint density at radius 1 is 0.828 bits per heavy atom. The minimum atomic E-state index is -0.481. The van der Waals surface area contributed by atoms with E-state index in [0.29, 0.717) is 24.2 Å². The average Bonchev–Trinajstić information content (AvgIpc) is 2.98. The number of benzene rings is 2. The van der Waals surface area contributed by atoms with Gasteiger partial charge in [-0.25, -0.2) is 4.39 Å². The molecule has 2 aromatic rings. The molecule has 0 saturated carbocycles. The lowest BCUT2D eigenvalue weighted by molar-refractivity contribution is -0.132. The molecule has 4 amide bonds. The van der Waals surface area contributed by atoms with E-state index in [-0.39, 0.29) is 37.0 Å². The highest BCUT2D eigenvalue weighted by atomic mass is 19.1. The first-order valence-electron chi connectivity index (χ1n) is 9.23. The first kappa shape index (κ1) is 18.8. The van der Waals surface area contributed by atoms with Crippen molar-refractivity contribution < 1.29 is 23.6 Å². The summed E-state index contributed by atoms with van der Waals surface area (Å²) >= 11 is 0. The molecule has 0 aromatic heterocycles. The monoisotopic (exact) mass is 395 g/mol. The molecule has 8 heteroatoms. The maximum absolute atomic E-state index is 13.3. The van der Waals surface area contributed by atoms with Crippen LogP contribution in [0.15, 0.2) is 48.5 Å². The van der Waals surface area contributed by atoms with Gasteiger partial charge in [-0.2, -0.15) is 0 Å². The van der Waals surface area contributed by atoms with E-state index in [1.807, 2.05) is 0 Å². The van der Waals surface area contributed by atoms with E-state index in [1.165, 1.54) is 23.1 Å². The zero-order valence-corrected chi connectivity index (χ0v) is 15.5. The van der Waals surface area contributed by atoms with Gasteiger partial charge in [-0.1, -0.05) is 18.2 Å². The fourth-order valence-corrected chi connectivity index (χ4v) is 3.58. The third-order valence-electron chi connectivity index (χ3n) is 5.16. The Morgan fingerprint density at radius 2 is 1.41 bits per heavy atom. The van der Waals surface area contributed by atoms with E-state index >= 15 is 0 Å². The molecule has 0 radical (unpaired) electrons. The number of hydrogen-bond acceptors (Lipinski definition) is 4. The number of halogens is 1. The molecular formula is C21H18FN3O4. The molecule has 2 aliphatic heterocycles. The summed E-state index contributed by atoms with van der Waals surface area (Å²) in [5, 5.41) is 0. The van der Waals surface area contributed by atoms with Crippen molar-refractivity contribution in [3.05, 3.63) is 71.0 Å². The Kier molecular flexibility index (Phi) is 4.84. The molecule has 148 valence electrons. The van der Waals surface area contributed by atoms with Gasteiger partial charge in [0.2, 0.25) is 5.91 Å². The zero-order valence-electron chi connectivity index (χ0n) is 15.5. The number of amides is 4. The van der Waals surface area contributed by atoms with E-state index in [9.17, 15) is 23.6 Å². The summed E-state index contributed by atoms with van der Waals surface area (Å²) in [6, 6.07) is 12.0. The minimum absolute atomic E-state index is 0.260. The number of carbonyl (C=O) groups is 4. The predicted octanol–water partition coefficient (Wildman–Crippen LogP) is 1.41. The maximum Gasteiger partial charge on any atom is 0.262 e. The summed E-state index contributed by atoms with van der Waals surface area (Å²) in [4.78, 5) is 53.9. The third kappa shape index (κ3) is 3.49. The highest BCUT2D eigenvalue weighted by Crippen LogP contribution is 2.22. The van der Waals surface area contributed by atoms with E-state index in [2.05, 4.69) is 0 Å². The fraction of sp³-hybridized carbons (Fsp3) is 0.238. The van der Waals surface area contributed by atoms with E-state index in [1.54, 1.807) is 35.2 Å². The van der Waals surface area contributed by atoms with Crippen LogP contribution < -0.4 is 0 Å². The zero-order chi connectivity index (χ0) is 20.5. The maximum atomic E-state index is 13.3. The lowest BCUT2D eigenvalue weighted by atomic mass is 10.1. The van der Waals surface area contributed by atoms with Crippen LogP contribution in [0.1, 0.15) is 31.1 Å². The smallest absolute Gasteiger partial charge is 0.262 e. The molecule has 0 N–H and O–H groups in total. The molecule has 1 fully saturated rings. The van der Waals surface area contributed by atoms with Gasteiger partial charge in [-0.05, 0) is 30.3 Å². The van der Waals surface area contributed by atoms with E-state index in [4.69, 9.17) is 0 Å². The lowest BCUT2D eigenvalue weighted by Crippen LogP contribution is -2.53. The second kappa shape index (κ2) is 7.46. The number of carbonyl (C=O) groups excluding carboxylic acids is 4. The SMILES string of the molecule is O=C(CN1C(=O)c2ccccc2C1=O)N1CCN(C(=O)c2cccc(F)c2)CC1. The van der Waals surface area contributed by atoms with Crippen LogP contribution >= 0.6 is 0 Å². The van der Waals surface area contributed by atoms with Gasteiger partial charge < -0.3 is 9.80 Å². The molecule has 2 heterocycles. The van der Waals surface area contributed by atoms with Gasteiger partial charge >= 0.3 is 0 Å². The van der Waals surface area contributed by atoms with Crippen molar-refractivity contribution in [1.29, 1.82) is 0 Å². The fourth-order valence-electron chi connectivity index (χ4n) is 3.58. The number of hydrogen-bond donors (Lipinski definition) is 0. The normalized spacial score (nSPS) is 16.2. The largest absolute Gasteiger partial charge is 0.338 e. The summed E-state index contributed by atoms with van der Waals surface area (Å²) in [5.74, 6) is -2.07. The van der Waals surface area contributed by atoms with Crippen LogP contribution in [0.4, 0.5) is 4.39 Å². The van der Waals surface area contributed by atoms with Gasteiger partial charge in [0.15, 0.2) is 0 Å². The second-order valence-corrected chi connectivity index (χ2v) is 6.93. The summed E-state index contributed by atoms with van der Waals surface area (Å²) in [5.41, 5.74) is 0.863. The van der Waals surface area contributed by atoms with Crippen molar-refractivity contribution in [3.63, 3.8) is 0 Å². The second-order valence-electron chi connectivity index (χ2n) is 6.93. The molecule has 0 atom stereocenters. The van der Waals surface area contributed by atoms with Crippen LogP contribution in [0.5, 0.6) is 0 Å². The molecule has 29 heavy (non-hydrogen) atoms. The van der Waals surface area contributed by atoms with Gasteiger partial charge in [-0.3, -0.25) is 24.1 Å². The number of rotatable bonds is 3. The molecule has 0 unspecified atom stereocenters. The summed E-state index contributed by atoms with van der Waals surface area (Å²) < 4.78 is 13.3. The molecule has 0 spiro atoms. The summed E-state index contributed by atoms with van der Waals surface area (Å²) in [6.07, 6.45) is 0. The van der Waals surface area contributed by atoms with Crippen LogP contribution in [0.25, 0.3) is 0 Å². The molecule has 0 bridgehead atoms. The number of piperazine rings is 1. The van der Waals surface area contributed by atoms with Gasteiger partial charge in [0.05, 0.1) is 11.1 Å². The number of imide groups is 1. The molecule has 7 nitrogen and oxygen atoms in total. The van der Waals surface area contributed by atoms with Crippen LogP contribution in [0.3, 0.4) is 0 Å². The van der Waals surface area contributed by atoms with Crippen molar-refractivity contribution in [2.45, 2.75) is 0 Å². The van der Waals surface area contributed by atoms with Crippen molar-refractivity contribution in [2.24, 2.45) is 0 Å². The van der Waals surface area contributed by atoms with Crippen LogP contribution in [0.2, 0.25) is 0 Å². The Balaban J connectivity index is 1.36. The molecule has 2 aromatic carbocycles. The van der Waals surface area contributed by atoms with Gasteiger partial charge in [0, 0.05) is 31.7 Å². The minimum Gasteiger partial charge on any atom is -0.338 e. The first-order chi connectivity index (χ1) is 14.0. The quantitative estimate of drug-likeness (QED) is 0.737. The standard InChI is InChI=1S/C21H18FN3O4/c22-15-5-3-4-14(12-15)19(27)24-10-8-23(9-11-24)18(26)13-25-20(28)16-6-1-2-7-17(16)21(25)29/h1-7,12H,8-11,13H2. The van der Waals surface area contributed by atoms with Gasteiger partial charge in [0.25, 0.3) is 17.7 Å². The molecular weight excluding hydrogens is 377 g/mol. The third-order valence-corrected chi connectivity index (χ3v) is 5.16. The Morgan fingerprint density at radius 3 is 2.00 bits per heavy atom. The summed E-state index contributed by atoms with van der Waals surface area (Å²) in [7, 11) is 0. The van der Waals surface area contributed by atoms with Gasteiger partial charge in [-0.15, -0.1) is 0 Å². The van der Waals surface area contributed by atoms with Crippen LogP contribution in [-0.2, 0) is 4.79 Å². The molecule has 4 rings (SSSR count). The van der Waals surface area contributed by atoms with Crippen LogP contribution in [-0.4, -0.2) is 71.1 Å². The van der Waals surface area contributed by atoms with E-state index < -0.39 is 17.6 Å². The van der Waals surface area contributed by atoms with Crippen molar-refractivity contribution in [3.8, 4) is 0 Å². The predicted molar refractivity (Wildman–Crippen MR) is 101 cm³/mol. The first-order valence-corrected chi connectivity index (χ1v) is 9.23. The lowest BCUT2D eigenvalue weighted by Gasteiger charge is -2.35. The highest BCUT2D eigenvalue weighted by Gasteiger charge is 2.37. The van der Waals surface area contributed by atoms with Crippen molar-refractivity contribution in [2.75, 3.05) is 32.7 Å². The number of fused-ring (bicyclic) bond motifs is 1. The Labute approximate surface area is 166 Å². The Bertz CT molecular complexity index is 979. The molecule has 1 saturated heterocycles. The molecule has 0 aliphatic carbocycles. The van der Waals surface area contributed by atoms with Crippen molar-refractivity contribution >= 4 is 23.6 Å². The summed E-state index contributed by atoms with van der Waals surface area (Å²) in [6.45, 7) is 0.822. The Hall–Kier alpha value is -3.55. The average molecular weight is 395 g/mol. The highest BCUT2D eigenvalue weighted by molar-refractivity contribution is 6.22. The van der Waals surface area contributed by atoms with Crippen molar-refractivity contribution in [1.82, 2.24) is 14.7 Å². The molecule has 2 aliphatic rings. The van der Waals surface area contributed by atoms with Gasteiger partial charge in [0.1, 0.15) is 12.4 Å². The van der Waals surface area contributed by atoms with Crippen LogP contribution in [0, 0.1) is 5.82 Å². The topological polar surface area (TPSA) is 78.0 Å².